The first kappa shape index (κ1) is 15.5. The molecule has 2 saturated heterocycles. The average Bonchev–Trinajstić information content (AvgIpc) is 3.11. The lowest BCUT2D eigenvalue weighted by molar-refractivity contribution is -0.0924. The first-order chi connectivity index (χ1) is 11.7. The molecular weight excluding hydrogens is 311 g/mol. The number of ether oxygens (including phenoxy) is 1. The van der Waals surface area contributed by atoms with E-state index in [0.717, 1.165) is 45.6 Å². The fourth-order valence-electron chi connectivity index (χ4n) is 3.55. The zero-order valence-corrected chi connectivity index (χ0v) is 13.5. The first-order valence-electron chi connectivity index (χ1n) is 8.32. The zero-order valence-electron chi connectivity index (χ0n) is 13.5. The van der Waals surface area contributed by atoms with Crippen LogP contribution in [0.2, 0.25) is 0 Å². The third-order valence-corrected chi connectivity index (χ3v) is 4.89. The van der Waals surface area contributed by atoms with Gasteiger partial charge in [0.15, 0.2) is 5.82 Å². The van der Waals surface area contributed by atoms with Crippen molar-refractivity contribution < 1.29 is 13.5 Å². The summed E-state index contributed by atoms with van der Waals surface area (Å²) < 4.78 is 24.3. The first-order valence-corrected chi connectivity index (χ1v) is 8.32. The molecule has 0 bridgehead atoms. The second kappa shape index (κ2) is 6.49. The number of halogens is 1. The van der Waals surface area contributed by atoms with E-state index in [-0.39, 0.29) is 5.60 Å². The van der Waals surface area contributed by atoms with Crippen molar-refractivity contribution in [2.24, 2.45) is 0 Å². The summed E-state index contributed by atoms with van der Waals surface area (Å²) in [6, 6.07) is 2.01. The molecule has 0 amide bonds. The maximum Gasteiger partial charge on any atom is 0.225 e. The Bertz CT molecular complexity index is 654. The van der Waals surface area contributed by atoms with E-state index in [1.807, 2.05) is 6.07 Å². The number of likely N-dealkylation sites (tertiary alicyclic amines) is 1. The number of morpholine rings is 1. The Morgan fingerprint density at radius 2 is 1.96 bits per heavy atom. The van der Waals surface area contributed by atoms with Crippen LogP contribution in [0.3, 0.4) is 0 Å². The van der Waals surface area contributed by atoms with Crippen molar-refractivity contribution in [2.45, 2.75) is 25.0 Å². The van der Waals surface area contributed by atoms with E-state index in [2.05, 4.69) is 19.8 Å². The number of aromatic nitrogens is 2. The molecule has 6 nitrogen and oxygen atoms in total. The molecule has 0 N–H and O–H groups in total. The molecule has 4 heterocycles. The van der Waals surface area contributed by atoms with Crippen LogP contribution in [0.4, 0.5) is 10.3 Å². The lowest BCUT2D eigenvalue weighted by Crippen LogP contribution is -2.57. The molecule has 7 heteroatoms. The van der Waals surface area contributed by atoms with Crippen LogP contribution in [0, 0.1) is 5.82 Å². The number of nitrogens with zero attached hydrogens (tertiary/aromatic N) is 4. The maximum absolute atomic E-state index is 13.0. The van der Waals surface area contributed by atoms with Gasteiger partial charge in [-0.3, -0.25) is 4.90 Å². The van der Waals surface area contributed by atoms with Crippen LogP contribution in [0.25, 0.3) is 0 Å². The summed E-state index contributed by atoms with van der Waals surface area (Å²) in [5, 5.41) is 0. The molecule has 4 rings (SSSR count). The van der Waals surface area contributed by atoms with Gasteiger partial charge < -0.3 is 14.1 Å². The van der Waals surface area contributed by atoms with E-state index in [1.54, 1.807) is 12.5 Å². The number of rotatable bonds is 3. The van der Waals surface area contributed by atoms with Crippen LogP contribution < -0.4 is 4.90 Å². The molecule has 128 valence electrons. The summed E-state index contributed by atoms with van der Waals surface area (Å²) in [4.78, 5) is 12.7. The summed E-state index contributed by atoms with van der Waals surface area (Å²) in [5.41, 5.74) is 1.06. The minimum atomic E-state index is -0.408. The highest BCUT2D eigenvalue weighted by Crippen LogP contribution is 2.31. The molecule has 0 saturated carbocycles. The number of anilines is 1. The van der Waals surface area contributed by atoms with Crippen molar-refractivity contribution >= 4 is 5.95 Å². The summed E-state index contributed by atoms with van der Waals surface area (Å²) in [7, 11) is 0. The maximum atomic E-state index is 13.0. The van der Waals surface area contributed by atoms with Crippen molar-refractivity contribution in [2.75, 3.05) is 37.7 Å². The van der Waals surface area contributed by atoms with E-state index in [1.165, 1.54) is 18.0 Å². The number of furan rings is 1. The van der Waals surface area contributed by atoms with Gasteiger partial charge in [-0.25, -0.2) is 14.4 Å². The molecule has 1 spiro atoms. The van der Waals surface area contributed by atoms with E-state index < -0.39 is 5.82 Å². The van der Waals surface area contributed by atoms with E-state index in [4.69, 9.17) is 9.15 Å². The Morgan fingerprint density at radius 3 is 2.67 bits per heavy atom. The molecule has 0 radical (unpaired) electrons. The molecule has 24 heavy (non-hydrogen) atoms. The van der Waals surface area contributed by atoms with Crippen molar-refractivity contribution in [3.63, 3.8) is 0 Å². The van der Waals surface area contributed by atoms with E-state index in [0.29, 0.717) is 12.6 Å². The smallest absolute Gasteiger partial charge is 0.225 e. The SMILES string of the molecule is Fc1cnc(N2CCOC3(CCN(Cc4ccoc4)CC3)C2)nc1. The predicted octanol–water partition coefficient (Wildman–Crippen LogP) is 2.08. The second-order valence-corrected chi connectivity index (χ2v) is 6.56. The minimum Gasteiger partial charge on any atom is -0.472 e. The highest BCUT2D eigenvalue weighted by Gasteiger charge is 2.40. The molecule has 2 fully saturated rings. The Kier molecular flexibility index (Phi) is 4.20. The van der Waals surface area contributed by atoms with Crippen LogP contribution in [-0.2, 0) is 11.3 Å². The number of hydrogen-bond acceptors (Lipinski definition) is 6. The van der Waals surface area contributed by atoms with Gasteiger partial charge in [0, 0.05) is 31.7 Å². The van der Waals surface area contributed by atoms with E-state index in [9.17, 15) is 4.39 Å². The van der Waals surface area contributed by atoms with Crippen molar-refractivity contribution in [1.82, 2.24) is 14.9 Å². The van der Waals surface area contributed by atoms with Crippen LogP contribution in [0.5, 0.6) is 0 Å². The molecule has 2 aromatic heterocycles. The molecule has 0 atom stereocenters. The quantitative estimate of drug-likeness (QED) is 0.858. The van der Waals surface area contributed by atoms with E-state index >= 15 is 0 Å². The molecule has 0 aromatic carbocycles. The normalized spacial score (nSPS) is 21.3. The lowest BCUT2D eigenvalue weighted by Gasteiger charge is -2.47. The highest BCUT2D eigenvalue weighted by atomic mass is 19.1. The summed E-state index contributed by atoms with van der Waals surface area (Å²) in [6.07, 6.45) is 7.90. The molecule has 0 aliphatic carbocycles. The van der Waals surface area contributed by atoms with Crippen LogP contribution in [-0.4, -0.2) is 53.3 Å². The minimum absolute atomic E-state index is 0.150. The third-order valence-electron chi connectivity index (χ3n) is 4.89. The molecular formula is C17H21FN4O2. The van der Waals surface area contributed by atoms with Gasteiger partial charge in [-0.15, -0.1) is 0 Å². The Labute approximate surface area is 140 Å². The van der Waals surface area contributed by atoms with Gasteiger partial charge in [0.25, 0.3) is 0 Å². The zero-order chi connectivity index (χ0) is 16.4. The number of hydrogen-bond donors (Lipinski definition) is 0. The topological polar surface area (TPSA) is 54.6 Å². The Morgan fingerprint density at radius 1 is 1.17 bits per heavy atom. The van der Waals surface area contributed by atoms with Gasteiger partial charge in [0.05, 0.1) is 43.7 Å². The van der Waals surface area contributed by atoms with Gasteiger partial charge in [0.2, 0.25) is 5.95 Å². The fraction of sp³-hybridized carbons (Fsp3) is 0.529. The van der Waals surface area contributed by atoms with Crippen molar-refractivity contribution in [3.8, 4) is 0 Å². The Hall–Kier alpha value is -1.99. The molecule has 2 aromatic rings. The predicted molar refractivity (Wildman–Crippen MR) is 86.1 cm³/mol. The van der Waals surface area contributed by atoms with Gasteiger partial charge in [0.1, 0.15) is 0 Å². The van der Waals surface area contributed by atoms with Gasteiger partial charge in [-0.05, 0) is 18.9 Å². The number of piperidine rings is 1. The standard InChI is InChI=1S/C17H21FN4O2/c18-15-9-19-16(20-10-15)22-6-8-24-17(13-22)2-4-21(5-3-17)11-14-1-7-23-12-14/h1,7,9-10,12H,2-6,8,11,13H2. The summed E-state index contributed by atoms with van der Waals surface area (Å²) in [5.74, 6) is 0.175. The van der Waals surface area contributed by atoms with Gasteiger partial charge >= 0.3 is 0 Å². The van der Waals surface area contributed by atoms with Crippen LogP contribution >= 0.6 is 0 Å². The van der Waals surface area contributed by atoms with Gasteiger partial charge in [-0.2, -0.15) is 0 Å². The highest BCUT2D eigenvalue weighted by molar-refractivity contribution is 5.30. The third kappa shape index (κ3) is 3.27. The fourth-order valence-corrected chi connectivity index (χ4v) is 3.55. The molecule has 2 aliphatic heterocycles. The van der Waals surface area contributed by atoms with Gasteiger partial charge in [-0.1, -0.05) is 0 Å². The second-order valence-electron chi connectivity index (χ2n) is 6.56. The largest absolute Gasteiger partial charge is 0.472 e. The van der Waals surface area contributed by atoms with Crippen LogP contribution in [0.15, 0.2) is 35.4 Å². The summed E-state index contributed by atoms with van der Waals surface area (Å²) in [6.45, 7) is 5.05. The summed E-state index contributed by atoms with van der Waals surface area (Å²) >= 11 is 0. The van der Waals surface area contributed by atoms with Crippen molar-refractivity contribution in [1.29, 1.82) is 0 Å². The average molecular weight is 332 g/mol. The molecule has 0 unspecified atom stereocenters. The monoisotopic (exact) mass is 332 g/mol. The molecule has 2 aliphatic rings. The van der Waals surface area contributed by atoms with Crippen molar-refractivity contribution in [3.05, 3.63) is 42.4 Å². The van der Waals surface area contributed by atoms with Crippen LogP contribution in [0.1, 0.15) is 18.4 Å². The Balaban J connectivity index is 1.38. The lowest BCUT2D eigenvalue weighted by atomic mass is 9.89.